The average molecular weight is 872 g/mol. The van der Waals surface area contributed by atoms with Gasteiger partial charge in [0.15, 0.2) is 6.10 Å². The molecular formula is C51H86NO8P. The third kappa shape index (κ3) is 46.3. The number of rotatable bonds is 41. The Morgan fingerprint density at radius 1 is 0.525 bits per heavy atom. The quantitative estimate of drug-likeness (QED) is 0.0196. The number of phosphoric acid groups is 1. The van der Waals surface area contributed by atoms with Crippen molar-refractivity contribution in [3.63, 3.8) is 0 Å². The van der Waals surface area contributed by atoms with Gasteiger partial charge in [-0.2, -0.15) is 0 Å². The number of carbonyl (C=O) groups excluding carboxylic acids is 2. The normalized spacial score (nSPS) is 14.4. The molecule has 0 aliphatic carbocycles. The first-order chi connectivity index (χ1) is 29.5. The lowest BCUT2D eigenvalue weighted by molar-refractivity contribution is -0.870. The lowest BCUT2D eigenvalue weighted by atomic mass is 10.1. The molecule has 0 aliphatic heterocycles. The van der Waals surface area contributed by atoms with Gasteiger partial charge in [0.05, 0.1) is 27.7 Å². The smallest absolute Gasteiger partial charge is 0.306 e. The zero-order chi connectivity index (χ0) is 45.0. The molecule has 0 aromatic heterocycles. The summed E-state index contributed by atoms with van der Waals surface area (Å²) >= 11 is 0. The zero-order valence-electron chi connectivity index (χ0n) is 39.1. The summed E-state index contributed by atoms with van der Waals surface area (Å²) < 4.78 is 33.8. The fourth-order valence-corrected chi connectivity index (χ4v) is 6.46. The number of ether oxygens (including phenoxy) is 2. The molecule has 10 heteroatoms. The van der Waals surface area contributed by atoms with Gasteiger partial charge < -0.3 is 27.9 Å². The van der Waals surface area contributed by atoms with Gasteiger partial charge in [0, 0.05) is 12.8 Å². The van der Waals surface area contributed by atoms with E-state index in [-0.39, 0.29) is 26.1 Å². The molecule has 348 valence electrons. The maximum Gasteiger partial charge on any atom is 0.306 e. The Balaban J connectivity index is 4.26. The fraction of sp³-hybridized carbons (Fsp3) is 0.647. The first-order valence-electron chi connectivity index (χ1n) is 23.4. The van der Waals surface area contributed by atoms with Crippen LogP contribution in [0.1, 0.15) is 162 Å². The van der Waals surface area contributed by atoms with Crippen molar-refractivity contribution in [1.29, 1.82) is 0 Å². The second-order valence-corrected chi connectivity index (χ2v) is 17.8. The number of hydrogen-bond acceptors (Lipinski definition) is 8. The zero-order valence-corrected chi connectivity index (χ0v) is 40.0. The second kappa shape index (κ2) is 42.2. The van der Waals surface area contributed by atoms with Gasteiger partial charge in [0.2, 0.25) is 0 Å². The highest BCUT2D eigenvalue weighted by molar-refractivity contribution is 7.45. The van der Waals surface area contributed by atoms with Crippen LogP contribution in [0.3, 0.4) is 0 Å². The molecule has 9 nitrogen and oxygen atoms in total. The van der Waals surface area contributed by atoms with Crippen LogP contribution in [0.2, 0.25) is 0 Å². The molecule has 0 spiro atoms. The molecule has 0 saturated carbocycles. The van der Waals surface area contributed by atoms with Gasteiger partial charge >= 0.3 is 11.9 Å². The summed E-state index contributed by atoms with van der Waals surface area (Å²) in [6.45, 7) is 4.02. The molecule has 2 unspecified atom stereocenters. The molecule has 0 heterocycles. The van der Waals surface area contributed by atoms with Crippen molar-refractivity contribution in [3.8, 4) is 0 Å². The van der Waals surface area contributed by atoms with Crippen LogP contribution < -0.4 is 4.89 Å². The van der Waals surface area contributed by atoms with E-state index in [1.807, 2.05) is 21.1 Å². The van der Waals surface area contributed by atoms with Crippen LogP contribution in [-0.2, 0) is 32.7 Å². The number of phosphoric ester groups is 1. The summed E-state index contributed by atoms with van der Waals surface area (Å²) in [5, 5.41) is 0. The van der Waals surface area contributed by atoms with E-state index in [9.17, 15) is 19.0 Å². The van der Waals surface area contributed by atoms with Crippen molar-refractivity contribution in [3.05, 3.63) is 97.2 Å². The maximum absolute atomic E-state index is 12.7. The van der Waals surface area contributed by atoms with E-state index in [2.05, 4.69) is 111 Å². The molecule has 0 amide bonds. The summed E-state index contributed by atoms with van der Waals surface area (Å²) in [5.74, 6) is -0.877. The Kier molecular flexibility index (Phi) is 40.1. The molecule has 0 radical (unpaired) electrons. The first-order valence-corrected chi connectivity index (χ1v) is 24.9. The van der Waals surface area contributed by atoms with Crippen LogP contribution in [0.5, 0.6) is 0 Å². The topological polar surface area (TPSA) is 111 Å². The molecule has 2 atom stereocenters. The van der Waals surface area contributed by atoms with Crippen molar-refractivity contribution in [1.82, 2.24) is 0 Å². The largest absolute Gasteiger partial charge is 0.756 e. The van der Waals surface area contributed by atoms with E-state index in [0.29, 0.717) is 17.4 Å². The lowest BCUT2D eigenvalue weighted by Crippen LogP contribution is -2.37. The number of hydrogen-bond donors (Lipinski definition) is 0. The molecule has 0 rings (SSSR count). The fourth-order valence-electron chi connectivity index (χ4n) is 5.73. The molecule has 0 N–H and O–H groups in total. The Morgan fingerprint density at radius 2 is 0.934 bits per heavy atom. The van der Waals surface area contributed by atoms with Gasteiger partial charge in [0.25, 0.3) is 7.82 Å². The molecular weight excluding hydrogens is 786 g/mol. The summed E-state index contributed by atoms with van der Waals surface area (Å²) in [6, 6.07) is 0. The van der Waals surface area contributed by atoms with Crippen molar-refractivity contribution >= 4 is 19.8 Å². The summed E-state index contributed by atoms with van der Waals surface area (Å²) in [6.07, 6.45) is 56.0. The number of quaternary nitrogens is 1. The highest BCUT2D eigenvalue weighted by Crippen LogP contribution is 2.38. The number of allylic oxidation sites excluding steroid dienone is 16. The predicted octanol–water partition coefficient (Wildman–Crippen LogP) is 13.1. The van der Waals surface area contributed by atoms with Crippen LogP contribution in [-0.4, -0.2) is 70.0 Å². The third-order valence-corrected chi connectivity index (χ3v) is 10.3. The highest BCUT2D eigenvalue weighted by Gasteiger charge is 2.21. The van der Waals surface area contributed by atoms with E-state index >= 15 is 0 Å². The summed E-state index contributed by atoms with van der Waals surface area (Å²) in [7, 11) is 1.13. The van der Waals surface area contributed by atoms with E-state index in [0.717, 1.165) is 96.3 Å². The van der Waals surface area contributed by atoms with Gasteiger partial charge in [-0.3, -0.25) is 14.2 Å². The highest BCUT2D eigenvalue weighted by atomic mass is 31.2. The van der Waals surface area contributed by atoms with E-state index in [1.54, 1.807) is 0 Å². The molecule has 0 bridgehead atoms. The van der Waals surface area contributed by atoms with Crippen molar-refractivity contribution in [2.45, 2.75) is 168 Å². The minimum atomic E-state index is -4.63. The van der Waals surface area contributed by atoms with E-state index < -0.39 is 32.5 Å². The number of nitrogens with zero attached hydrogens (tertiary/aromatic N) is 1. The van der Waals surface area contributed by atoms with Crippen LogP contribution >= 0.6 is 7.82 Å². The Labute approximate surface area is 373 Å². The first kappa shape index (κ1) is 57.9. The Bertz CT molecular complexity index is 1350. The van der Waals surface area contributed by atoms with Gasteiger partial charge in [-0.05, 0) is 77.0 Å². The molecule has 61 heavy (non-hydrogen) atoms. The van der Waals surface area contributed by atoms with Gasteiger partial charge in [-0.15, -0.1) is 0 Å². The summed E-state index contributed by atoms with van der Waals surface area (Å²) in [5.41, 5.74) is 0. The van der Waals surface area contributed by atoms with Crippen molar-refractivity contribution < 1.29 is 42.1 Å². The van der Waals surface area contributed by atoms with E-state index in [1.165, 1.54) is 32.1 Å². The molecule has 0 saturated heterocycles. The van der Waals surface area contributed by atoms with Crippen LogP contribution in [0.15, 0.2) is 97.2 Å². The second-order valence-electron chi connectivity index (χ2n) is 16.4. The molecule has 0 fully saturated rings. The summed E-state index contributed by atoms with van der Waals surface area (Å²) in [4.78, 5) is 37.4. The average Bonchev–Trinajstić information content (AvgIpc) is 3.21. The van der Waals surface area contributed by atoms with Crippen molar-refractivity contribution in [2.24, 2.45) is 0 Å². The third-order valence-electron chi connectivity index (χ3n) is 9.37. The van der Waals surface area contributed by atoms with Crippen LogP contribution in [0.25, 0.3) is 0 Å². The Hall–Kier alpha value is -3.07. The number of esters is 2. The minimum absolute atomic E-state index is 0.0408. The van der Waals surface area contributed by atoms with E-state index in [4.69, 9.17) is 18.5 Å². The molecule has 0 aromatic rings. The lowest BCUT2D eigenvalue weighted by Gasteiger charge is -2.28. The van der Waals surface area contributed by atoms with Crippen LogP contribution in [0.4, 0.5) is 0 Å². The standard InChI is InChI=1S/C51H86NO8P/c1-6-8-10-12-14-16-17-18-19-20-21-22-23-24-25-26-27-28-29-30-31-32-33-34-35-36-38-40-42-44-51(54)60-49(48-59-61(55,56)58-46-45-52(3,4)5)47-57-50(53)43-41-39-37-15-13-11-9-7-2/h8,10,14,16,18-19,21-22,24-25,27-28,30-31,33-34,49H,6-7,9,11-13,15,17,20,23,26,29,32,35-48H2,1-5H3/b10-8-,16-14-,19-18-,22-21-,25-24-,28-27-,31-30-,34-33-. The van der Waals surface area contributed by atoms with Gasteiger partial charge in [-0.1, -0.05) is 169 Å². The Morgan fingerprint density at radius 3 is 1.39 bits per heavy atom. The van der Waals surface area contributed by atoms with Gasteiger partial charge in [0.1, 0.15) is 19.8 Å². The minimum Gasteiger partial charge on any atom is -0.756 e. The number of likely N-dealkylation sites (N-methyl/N-ethyl adjacent to an activating group) is 1. The van der Waals surface area contributed by atoms with Crippen LogP contribution in [0, 0.1) is 0 Å². The maximum atomic E-state index is 12.7. The molecule has 0 aromatic carbocycles. The SMILES string of the molecule is CC/C=C\C/C=C\C/C=C\C/C=C\C/C=C\C/C=C\C/C=C\C/C=C\CCCCCCC(=O)OC(COC(=O)CCCCCCCCCC)COP(=O)([O-])OCC[N+](C)(C)C. The van der Waals surface area contributed by atoms with Crippen molar-refractivity contribution in [2.75, 3.05) is 47.5 Å². The number of carbonyl (C=O) groups is 2. The molecule has 0 aliphatic rings. The number of unbranched alkanes of at least 4 members (excludes halogenated alkanes) is 11. The van der Waals surface area contributed by atoms with Gasteiger partial charge in [-0.25, -0.2) is 0 Å². The predicted molar refractivity (Wildman–Crippen MR) is 254 cm³/mol. The monoisotopic (exact) mass is 872 g/mol.